The van der Waals surface area contributed by atoms with Crippen LogP contribution in [0.2, 0.25) is 0 Å². The van der Waals surface area contributed by atoms with Crippen molar-refractivity contribution >= 4 is 44.1 Å². The molecule has 1 N–H and O–H groups in total. The largest absolute Gasteiger partial charge is 0.507 e. The summed E-state index contributed by atoms with van der Waals surface area (Å²) in [5.41, 5.74) is 3.65. The molecule has 3 heterocycles. The quantitative estimate of drug-likeness (QED) is 0.0940. The summed E-state index contributed by atoms with van der Waals surface area (Å²) in [7, 11) is 0. The highest BCUT2D eigenvalue weighted by Crippen LogP contribution is 2.47. The average Bonchev–Trinajstić information content (AvgIpc) is 3.55. The molecule has 1 aromatic heterocycles. The van der Waals surface area contributed by atoms with Gasteiger partial charge in [-0.1, -0.05) is 36.8 Å². The fraction of sp³-hybridized carbons (Fsp3) is 0.324. The zero-order valence-corrected chi connectivity index (χ0v) is 26.0. The van der Waals surface area contributed by atoms with E-state index in [2.05, 4.69) is 6.92 Å². The number of anilines is 1. The molecule has 1 atom stereocenters. The average molecular weight is 615 g/mol. The van der Waals surface area contributed by atoms with Crippen molar-refractivity contribution in [3.05, 3.63) is 76.4 Å². The van der Waals surface area contributed by atoms with Crippen LogP contribution in [-0.2, 0) is 9.59 Å². The number of ether oxygens (including phenoxy) is 4. The number of Topliss-reactive ketones (excluding diaryl/α,β-unsaturated/α-hetero) is 1. The maximum atomic E-state index is 13.8. The molecule has 4 aromatic rings. The number of thiazole rings is 1. The third kappa shape index (κ3) is 5.34. The van der Waals surface area contributed by atoms with E-state index in [1.54, 1.807) is 36.4 Å². The molecule has 0 spiro atoms. The Bertz CT molecular complexity index is 1790. The second kappa shape index (κ2) is 12.2. The third-order valence-electron chi connectivity index (χ3n) is 7.62. The lowest BCUT2D eigenvalue weighted by molar-refractivity contribution is -0.132. The van der Waals surface area contributed by atoms with Crippen LogP contribution in [0.3, 0.4) is 0 Å². The Balaban J connectivity index is 1.53. The van der Waals surface area contributed by atoms with E-state index < -0.39 is 17.7 Å². The number of fused-ring (bicyclic) bond motifs is 2. The van der Waals surface area contributed by atoms with Gasteiger partial charge in [0.05, 0.1) is 35.0 Å². The molecule has 10 heteroatoms. The fourth-order valence-electron chi connectivity index (χ4n) is 5.56. The molecule has 0 unspecified atom stereocenters. The van der Waals surface area contributed by atoms with Gasteiger partial charge in [0.25, 0.3) is 5.78 Å². The summed E-state index contributed by atoms with van der Waals surface area (Å²) >= 11 is 1.33. The minimum atomic E-state index is -0.978. The highest BCUT2D eigenvalue weighted by Gasteiger charge is 2.48. The molecule has 0 bridgehead atoms. The van der Waals surface area contributed by atoms with Gasteiger partial charge in [-0.25, -0.2) is 4.98 Å². The maximum Gasteiger partial charge on any atom is 0.301 e. The van der Waals surface area contributed by atoms with Crippen molar-refractivity contribution in [2.75, 3.05) is 31.3 Å². The predicted octanol–water partition coefficient (Wildman–Crippen LogP) is 6.89. The van der Waals surface area contributed by atoms with Crippen molar-refractivity contribution in [2.45, 2.75) is 46.6 Å². The normalized spacial score (nSPS) is 17.4. The van der Waals surface area contributed by atoms with Gasteiger partial charge in [-0.2, -0.15) is 0 Å². The number of carbonyl (C=O) groups excluding carboxylic acids is 2. The minimum absolute atomic E-state index is 0.0547. The first kappa shape index (κ1) is 29.5. The Morgan fingerprint density at radius 3 is 2.57 bits per heavy atom. The Morgan fingerprint density at radius 2 is 1.80 bits per heavy atom. The molecule has 1 saturated heterocycles. The zero-order valence-electron chi connectivity index (χ0n) is 25.1. The van der Waals surface area contributed by atoms with Crippen molar-refractivity contribution in [2.24, 2.45) is 0 Å². The van der Waals surface area contributed by atoms with Crippen LogP contribution in [0.15, 0.2) is 54.1 Å². The molecule has 1 fully saturated rings. The van der Waals surface area contributed by atoms with Crippen LogP contribution in [0.4, 0.5) is 5.13 Å². The van der Waals surface area contributed by atoms with Crippen molar-refractivity contribution in [1.29, 1.82) is 0 Å². The number of unbranched alkanes of at least 4 members (excludes halogenated alkanes) is 1. The Kier molecular flexibility index (Phi) is 8.18. The molecule has 2 aliphatic heterocycles. The number of hydrogen-bond donors (Lipinski definition) is 1. The van der Waals surface area contributed by atoms with Gasteiger partial charge in [0, 0.05) is 5.56 Å². The monoisotopic (exact) mass is 614 g/mol. The highest BCUT2D eigenvalue weighted by atomic mass is 32.1. The minimum Gasteiger partial charge on any atom is -0.507 e. The van der Waals surface area contributed by atoms with Crippen LogP contribution >= 0.6 is 11.3 Å². The molecular formula is C34H34N2O7S. The Hall–Kier alpha value is -4.57. The van der Waals surface area contributed by atoms with Crippen molar-refractivity contribution < 1.29 is 33.6 Å². The van der Waals surface area contributed by atoms with E-state index >= 15 is 0 Å². The summed E-state index contributed by atoms with van der Waals surface area (Å²) in [4.78, 5) is 33.9. The summed E-state index contributed by atoms with van der Waals surface area (Å²) in [5, 5.41) is 12.1. The van der Waals surface area contributed by atoms with Gasteiger partial charge < -0.3 is 24.1 Å². The molecule has 0 radical (unpaired) electrons. The Labute approximate surface area is 259 Å². The summed E-state index contributed by atoms with van der Waals surface area (Å²) < 4.78 is 24.2. The first-order valence-corrected chi connectivity index (χ1v) is 15.6. The van der Waals surface area contributed by atoms with Crippen LogP contribution < -0.4 is 23.8 Å². The van der Waals surface area contributed by atoms with E-state index in [9.17, 15) is 14.7 Å². The SMILES string of the molecule is CCCCOc1ccc([C@H]2C(=C(O)c3ccc4c(c3)OCCO4)C(=O)C(=O)N2c2nc3c(C)cc(C)cc3s2)cc1OCC. The molecule has 3 aromatic carbocycles. The number of amides is 1. The highest BCUT2D eigenvalue weighted by molar-refractivity contribution is 7.22. The van der Waals surface area contributed by atoms with Gasteiger partial charge in [0.1, 0.15) is 19.0 Å². The van der Waals surface area contributed by atoms with Gasteiger partial charge >= 0.3 is 5.91 Å². The second-order valence-electron chi connectivity index (χ2n) is 10.8. The van der Waals surface area contributed by atoms with Crippen LogP contribution in [0.1, 0.15) is 55.0 Å². The maximum absolute atomic E-state index is 13.8. The molecule has 44 heavy (non-hydrogen) atoms. The van der Waals surface area contributed by atoms with E-state index in [4.69, 9.17) is 23.9 Å². The number of aliphatic hydroxyl groups is 1. The van der Waals surface area contributed by atoms with E-state index in [0.717, 1.165) is 34.2 Å². The molecule has 0 aliphatic carbocycles. The number of aliphatic hydroxyl groups excluding tert-OH is 1. The number of ketones is 1. The molecule has 1 amide bonds. The third-order valence-corrected chi connectivity index (χ3v) is 8.63. The Morgan fingerprint density at radius 1 is 1.00 bits per heavy atom. The van der Waals surface area contributed by atoms with Gasteiger partial charge in [0.2, 0.25) is 0 Å². The van der Waals surface area contributed by atoms with E-state index in [1.165, 1.54) is 16.2 Å². The van der Waals surface area contributed by atoms with Crippen molar-refractivity contribution in [3.8, 4) is 23.0 Å². The van der Waals surface area contributed by atoms with Crippen LogP contribution in [-0.4, -0.2) is 48.2 Å². The smallest absolute Gasteiger partial charge is 0.301 e. The molecule has 2 aliphatic rings. The van der Waals surface area contributed by atoms with Crippen molar-refractivity contribution in [1.82, 2.24) is 4.98 Å². The lowest BCUT2D eigenvalue weighted by Crippen LogP contribution is -2.29. The van der Waals surface area contributed by atoms with Crippen LogP contribution in [0.25, 0.3) is 16.0 Å². The molecule has 0 saturated carbocycles. The van der Waals surface area contributed by atoms with Gasteiger partial charge in [0.15, 0.2) is 28.1 Å². The van der Waals surface area contributed by atoms with Crippen LogP contribution in [0.5, 0.6) is 23.0 Å². The number of hydrogen-bond acceptors (Lipinski definition) is 9. The number of aromatic nitrogens is 1. The van der Waals surface area contributed by atoms with Gasteiger partial charge in [-0.05, 0) is 80.3 Å². The molecule has 9 nitrogen and oxygen atoms in total. The lowest BCUT2D eigenvalue weighted by Gasteiger charge is -2.24. The van der Waals surface area contributed by atoms with Gasteiger partial charge in [-0.3, -0.25) is 14.5 Å². The molecule has 6 rings (SSSR count). The summed E-state index contributed by atoms with van der Waals surface area (Å²) in [6.45, 7) is 9.65. The summed E-state index contributed by atoms with van der Waals surface area (Å²) in [5.74, 6) is 0.155. The van der Waals surface area contributed by atoms with Crippen LogP contribution in [0, 0.1) is 13.8 Å². The predicted molar refractivity (Wildman–Crippen MR) is 169 cm³/mol. The molecular weight excluding hydrogens is 580 g/mol. The lowest BCUT2D eigenvalue weighted by atomic mass is 9.95. The first-order valence-electron chi connectivity index (χ1n) is 14.8. The number of carbonyl (C=O) groups is 2. The topological polar surface area (TPSA) is 107 Å². The number of nitrogens with zero attached hydrogens (tertiary/aromatic N) is 2. The van der Waals surface area contributed by atoms with E-state index in [-0.39, 0.29) is 11.3 Å². The number of benzene rings is 3. The molecule has 228 valence electrons. The van der Waals surface area contributed by atoms with E-state index in [0.29, 0.717) is 65.7 Å². The van der Waals surface area contributed by atoms with Gasteiger partial charge in [-0.15, -0.1) is 0 Å². The zero-order chi connectivity index (χ0) is 31.0. The first-order chi connectivity index (χ1) is 21.3. The summed E-state index contributed by atoms with van der Waals surface area (Å²) in [6.07, 6.45) is 1.87. The second-order valence-corrected chi connectivity index (χ2v) is 11.8. The summed E-state index contributed by atoms with van der Waals surface area (Å²) in [6, 6.07) is 13.4. The standard InChI is InChI=1S/C34H34N2O7S/c1-5-7-12-41-23-10-8-21(17-25(23)40-6-2)30-28(31(37)22-9-11-24-26(18-22)43-14-13-42-24)32(38)33(39)36(30)34-35-29-20(4)15-19(3)16-27(29)44-34/h8-11,15-18,30,37H,5-7,12-14H2,1-4H3/t30-/m0/s1. The fourth-order valence-corrected chi connectivity index (χ4v) is 6.73. The van der Waals surface area contributed by atoms with Crippen molar-refractivity contribution in [3.63, 3.8) is 0 Å². The number of rotatable bonds is 9. The van der Waals surface area contributed by atoms with E-state index in [1.807, 2.05) is 32.9 Å². The number of aryl methyl sites for hydroxylation is 2.